The van der Waals surface area contributed by atoms with Crippen LogP contribution in [0.2, 0.25) is 0 Å². The summed E-state index contributed by atoms with van der Waals surface area (Å²) >= 11 is 0. The molecular weight excluding hydrogens is 439 g/mol. The van der Waals surface area contributed by atoms with Gasteiger partial charge in [0.2, 0.25) is 0 Å². The number of nitrogens with zero attached hydrogens (tertiary/aromatic N) is 2. The summed E-state index contributed by atoms with van der Waals surface area (Å²) in [6.07, 6.45) is 2.11. The Hall–Kier alpha value is -2.58. The van der Waals surface area contributed by atoms with E-state index in [4.69, 9.17) is 18.9 Å². The van der Waals surface area contributed by atoms with E-state index < -0.39 is 21.5 Å². The Kier molecular flexibility index (Phi) is 10.5. The standard InChI is InChI=1S/C22H27FN2O6S/c1-18-5-8-20(9-6-18)32(27,28)31-16-15-30-14-13-29-12-4-2-3-11-25-19(17-24)7-10-21(23)22(25)26/h5-10H,2-4,11-16H2,1H3. The van der Waals surface area contributed by atoms with Gasteiger partial charge in [-0.3, -0.25) is 13.5 Å². The fraction of sp³-hybridized carbons (Fsp3) is 0.455. The van der Waals surface area contributed by atoms with E-state index in [1.54, 1.807) is 12.1 Å². The molecule has 10 heteroatoms. The maximum atomic E-state index is 13.4. The van der Waals surface area contributed by atoms with Crippen molar-refractivity contribution in [3.8, 4) is 6.07 Å². The molecule has 0 aliphatic rings. The van der Waals surface area contributed by atoms with Crippen LogP contribution in [0.5, 0.6) is 0 Å². The van der Waals surface area contributed by atoms with E-state index in [-0.39, 0.29) is 30.3 Å². The fourth-order valence-electron chi connectivity index (χ4n) is 2.82. The van der Waals surface area contributed by atoms with Crippen LogP contribution in [0.15, 0.2) is 46.1 Å². The van der Waals surface area contributed by atoms with Gasteiger partial charge in [-0.25, -0.2) is 4.39 Å². The number of benzene rings is 1. The van der Waals surface area contributed by atoms with Gasteiger partial charge in [-0.05, 0) is 50.5 Å². The minimum atomic E-state index is -3.79. The molecular formula is C22H27FN2O6S. The van der Waals surface area contributed by atoms with E-state index in [1.807, 2.05) is 13.0 Å². The van der Waals surface area contributed by atoms with Crippen molar-refractivity contribution < 1.29 is 26.5 Å². The van der Waals surface area contributed by atoms with Crippen LogP contribution >= 0.6 is 0 Å². The number of hydrogen-bond donors (Lipinski definition) is 0. The SMILES string of the molecule is Cc1ccc(S(=O)(=O)OCCOCCOCCCCCn2c(C#N)ccc(F)c2=O)cc1. The van der Waals surface area contributed by atoms with Crippen LogP contribution in [0.25, 0.3) is 0 Å². The zero-order valence-electron chi connectivity index (χ0n) is 18.0. The lowest BCUT2D eigenvalue weighted by Gasteiger charge is -2.09. The van der Waals surface area contributed by atoms with Crippen LogP contribution in [0, 0.1) is 24.1 Å². The van der Waals surface area contributed by atoms with Gasteiger partial charge in [0.05, 0.1) is 31.3 Å². The van der Waals surface area contributed by atoms with Crippen molar-refractivity contribution >= 4 is 10.1 Å². The molecule has 2 aromatic rings. The molecule has 0 bridgehead atoms. The van der Waals surface area contributed by atoms with Crippen LogP contribution in [0.4, 0.5) is 4.39 Å². The molecule has 174 valence electrons. The first-order valence-corrected chi connectivity index (χ1v) is 11.7. The number of hydrogen-bond acceptors (Lipinski definition) is 7. The Morgan fingerprint density at radius 1 is 0.938 bits per heavy atom. The maximum Gasteiger partial charge on any atom is 0.297 e. The number of aromatic nitrogens is 1. The summed E-state index contributed by atoms with van der Waals surface area (Å²) in [5, 5.41) is 9.01. The van der Waals surface area contributed by atoms with E-state index in [1.165, 1.54) is 18.2 Å². The summed E-state index contributed by atoms with van der Waals surface area (Å²) in [6, 6.07) is 10.6. The third-order valence-electron chi connectivity index (χ3n) is 4.56. The molecule has 1 heterocycles. The summed E-state index contributed by atoms with van der Waals surface area (Å²) in [4.78, 5) is 11.9. The van der Waals surface area contributed by atoms with Gasteiger partial charge < -0.3 is 9.47 Å². The maximum absolute atomic E-state index is 13.4. The van der Waals surface area contributed by atoms with Gasteiger partial charge in [0, 0.05) is 13.2 Å². The van der Waals surface area contributed by atoms with Crippen molar-refractivity contribution in [1.29, 1.82) is 5.26 Å². The minimum Gasteiger partial charge on any atom is -0.379 e. The molecule has 0 aliphatic heterocycles. The van der Waals surface area contributed by atoms with Gasteiger partial charge >= 0.3 is 0 Å². The molecule has 0 aliphatic carbocycles. The quantitative estimate of drug-likeness (QED) is 0.311. The molecule has 0 unspecified atom stereocenters. The van der Waals surface area contributed by atoms with Gasteiger partial charge in [-0.1, -0.05) is 17.7 Å². The molecule has 2 rings (SSSR count). The predicted octanol–water partition coefficient (Wildman–Crippen LogP) is 2.78. The van der Waals surface area contributed by atoms with E-state index in [9.17, 15) is 17.6 Å². The van der Waals surface area contributed by atoms with Gasteiger partial charge in [0.25, 0.3) is 15.7 Å². The summed E-state index contributed by atoms with van der Waals surface area (Å²) in [7, 11) is -3.79. The zero-order valence-corrected chi connectivity index (χ0v) is 18.8. The smallest absolute Gasteiger partial charge is 0.297 e. The molecule has 0 fully saturated rings. The molecule has 8 nitrogen and oxygen atoms in total. The lowest BCUT2D eigenvalue weighted by molar-refractivity contribution is 0.0359. The number of pyridine rings is 1. The highest BCUT2D eigenvalue weighted by Crippen LogP contribution is 2.13. The Labute approximate surface area is 187 Å². The second kappa shape index (κ2) is 13.1. The number of unbranched alkanes of at least 4 members (excludes halogenated alkanes) is 2. The fourth-order valence-corrected chi connectivity index (χ4v) is 3.71. The van der Waals surface area contributed by atoms with Crippen molar-refractivity contribution in [1.82, 2.24) is 4.57 Å². The Balaban J connectivity index is 1.50. The first kappa shape index (κ1) is 25.7. The highest BCUT2D eigenvalue weighted by atomic mass is 32.2. The van der Waals surface area contributed by atoms with Crippen molar-refractivity contribution in [2.45, 2.75) is 37.6 Å². The van der Waals surface area contributed by atoms with Gasteiger partial charge in [-0.15, -0.1) is 0 Å². The first-order chi connectivity index (χ1) is 15.3. The van der Waals surface area contributed by atoms with Crippen LogP contribution in [0.3, 0.4) is 0 Å². The molecule has 32 heavy (non-hydrogen) atoms. The predicted molar refractivity (Wildman–Crippen MR) is 115 cm³/mol. The lowest BCUT2D eigenvalue weighted by Crippen LogP contribution is -2.25. The monoisotopic (exact) mass is 466 g/mol. The molecule has 0 N–H and O–H groups in total. The number of aryl methyl sites for hydroxylation is 1. The molecule has 0 saturated carbocycles. The summed E-state index contributed by atoms with van der Waals surface area (Å²) in [6.45, 7) is 3.33. The van der Waals surface area contributed by atoms with Crippen LogP contribution in [-0.2, 0) is 30.3 Å². The minimum absolute atomic E-state index is 0.0830. The average molecular weight is 467 g/mol. The molecule has 0 atom stereocenters. The number of ether oxygens (including phenoxy) is 2. The topological polar surface area (TPSA) is 108 Å². The Morgan fingerprint density at radius 3 is 2.28 bits per heavy atom. The number of nitriles is 1. The normalized spacial score (nSPS) is 11.4. The molecule has 0 spiro atoms. The zero-order chi connectivity index (χ0) is 23.4. The van der Waals surface area contributed by atoms with Crippen molar-refractivity contribution in [2.24, 2.45) is 0 Å². The second-order valence-corrected chi connectivity index (χ2v) is 8.63. The van der Waals surface area contributed by atoms with Crippen LogP contribution in [0.1, 0.15) is 30.5 Å². The number of halogens is 1. The lowest BCUT2D eigenvalue weighted by atomic mass is 10.2. The molecule has 1 aromatic carbocycles. The largest absolute Gasteiger partial charge is 0.379 e. The van der Waals surface area contributed by atoms with E-state index in [0.29, 0.717) is 26.2 Å². The van der Waals surface area contributed by atoms with E-state index in [2.05, 4.69) is 0 Å². The molecule has 0 saturated heterocycles. The summed E-state index contributed by atoms with van der Waals surface area (Å²) in [5.41, 5.74) is 0.316. The molecule has 0 radical (unpaired) electrons. The van der Waals surface area contributed by atoms with Gasteiger partial charge in [0.1, 0.15) is 11.8 Å². The first-order valence-electron chi connectivity index (χ1n) is 10.3. The van der Waals surface area contributed by atoms with Gasteiger partial charge in [0.15, 0.2) is 5.82 Å². The van der Waals surface area contributed by atoms with Crippen molar-refractivity contribution in [3.63, 3.8) is 0 Å². The third-order valence-corrected chi connectivity index (χ3v) is 5.89. The van der Waals surface area contributed by atoms with Crippen molar-refractivity contribution in [3.05, 3.63) is 63.8 Å². The number of rotatable bonds is 14. The summed E-state index contributed by atoms with van der Waals surface area (Å²) < 4.78 is 54.2. The Bertz CT molecular complexity index is 1060. The van der Waals surface area contributed by atoms with Crippen molar-refractivity contribution in [2.75, 3.05) is 33.0 Å². The molecule has 1 aromatic heterocycles. The average Bonchev–Trinajstić information content (AvgIpc) is 2.77. The highest BCUT2D eigenvalue weighted by molar-refractivity contribution is 7.86. The van der Waals surface area contributed by atoms with E-state index in [0.717, 1.165) is 29.0 Å². The van der Waals surface area contributed by atoms with Gasteiger partial charge in [-0.2, -0.15) is 13.7 Å². The molecule has 0 amide bonds. The van der Waals surface area contributed by atoms with Crippen LogP contribution < -0.4 is 5.56 Å². The van der Waals surface area contributed by atoms with E-state index >= 15 is 0 Å². The summed E-state index contributed by atoms with van der Waals surface area (Å²) in [5.74, 6) is -0.870. The highest BCUT2D eigenvalue weighted by Gasteiger charge is 2.14. The Morgan fingerprint density at radius 2 is 1.59 bits per heavy atom. The third kappa shape index (κ3) is 8.16. The van der Waals surface area contributed by atoms with Crippen LogP contribution in [-0.4, -0.2) is 46.0 Å². The second-order valence-electron chi connectivity index (χ2n) is 7.01.